The van der Waals surface area contributed by atoms with Crippen LogP contribution in [0.25, 0.3) is 5.57 Å². The number of hydrogen-bond donors (Lipinski definition) is 0. The van der Waals surface area contributed by atoms with Crippen LogP contribution in [0.4, 0.5) is 0 Å². The molecule has 0 aliphatic carbocycles. The summed E-state index contributed by atoms with van der Waals surface area (Å²) in [6.45, 7) is 19.5. The minimum atomic E-state index is 0.665. The number of allylic oxidation sites excluding steroid dienone is 1. The van der Waals surface area contributed by atoms with Crippen LogP contribution in [0.3, 0.4) is 0 Å². The molecule has 2 aromatic rings. The fraction of sp³-hybridized carbons (Fsp3) is 0.517. The van der Waals surface area contributed by atoms with Gasteiger partial charge >= 0.3 is 0 Å². The third-order valence-corrected chi connectivity index (χ3v) is 5.31. The zero-order valence-electron chi connectivity index (χ0n) is 20.3. The predicted octanol–water partition coefficient (Wildman–Crippen LogP) is 9.53. The van der Waals surface area contributed by atoms with E-state index in [1.165, 1.54) is 60.8 Å². The molecule has 29 heavy (non-hydrogen) atoms. The quantitative estimate of drug-likeness (QED) is 0.397. The Morgan fingerprint density at radius 2 is 1.34 bits per heavy atom. The first-order chi connectivity index (χ1) is 14.0. The zero-order valence-corrected chi connectivity index (χ0v) is 20.3. The molecular weight excluding hydrogens is 348 g/mol. The monoisotopic (exact) mass is 394 g/mol. The molecule has 0 aliphatic rings. The summed E-state index contributed by atoms with van der Waals surface area (Å²) in [7, 11) is 0. The van der Waals surface area contributed by atoms with Crippen LogP contribution in [0, 0.1) is 18.8 Å². The third kappa shape index (κ3) is 11.7. The maximum absolute atomic E-state index is 4.29. The Hall–Kier alpha value is -1.82. The van der Waals surface area contributed by atoms with Gasteiger partial charge in [-0.25, -0.2) is 0 Å². The first kappa shape index (κ1) is 27.2. The van der Waals surface area contributed by atoms with Crippen LogP contribution in [0.1, 0.15) is 90.3 Å². The Balaban J connectivity index is 0.000000526. The normalized spacial score (nSPS) is 11.0. The van der Waals surface area contributed by atoms with Gasteiger partial charge in [0.05, 0.1) is 0 Å². The molecule has 0 heteroatoms. The molecule has 0 spiro atoms. The van der Waals surface area contributed by atoms with Crippen LogP contribution in [0.5, 0.6) is 0 Å². The Kier molecular flexibility index (Phi) is 16.0. The molecule has 0 amide bonds. The highest BCUT2D eigenvalue weighted by atomic mass is 14.2. The summed E-state index contributed by atoms with van der Waals surface area (Å²) in [6, 6.07) is 19.4. The molecule has 0 bridgehead atoms. The van der Waals surface area contributed by atoms with E-state index in [2.05, 4.69) is 95.8 Å². The van der Waals surface area contributed by atoms with E-state index >= 15 is 0 Å². The van der Waals surface area contributed by atoms with E-state index in [0.717, 1.165) is 5.92 Å². The van der Waals surface area contributed by atoms with Gasteiger partial charge in [0, 0.05) is 0 Å². The van der Waals surface area contributed by atoms with E-state index < -0.39 is 0 Å². The average molecular weight is 395 g/mol. The summed E-state index contributed by atoms with van der Waals surface area (Å²) in [6.07, 6.45) is 7.51. The lowest BCUT2D eigenvalue weighted by atomic mass is 9.87. The van der Waals surface area contributed by atoms with Crippen molar-refractivity contribution in [1.29, 1.82) is 0 Å². The summed E-state index contributed by atoms with van der Waals surface area (Å²) in [5.74, 6) is 1.48. The van der Waals surface area contributed by atoms with Gasteiger partial charge in [-0.2, -0.15) is 0 Å². The van der Waals surface area contributed by atoms with E-state index in [0.29, 0.717) is 5.92 Å². The number of hydrogen-bond acceptors (Lipinski definition) is 0. The van der Waals surface area contributed by atoms with Crippen molar-refractivity contribution in [3.8, 4) is 0 Å². The molecule has 0 aromatic heterocycles. The van der Waals surface area contributed by atoms with Gasteiger partial charge in [-0.3, -0.25) is 0 Å². The largest absolute Gasteiger partial charge is 0.0950 e. The smallest absolute Gasteiger partial charge is 0.0162 e. The Bertz CT molecular complexity index is 615. The minimum absolute atomic E-state index is 0.665. The van der Waals surface area contributed by atoms with Gasteiger partial charge in [0.25, 0.3) is 0 Å². The van der Waals surface area contributed by atoms with Gasteiger partial charge in [-0.05, 0) is 54.7 Å². The third-order valence-electron chi connectivity index (χ3n) is 5.31. The molecule has 0 fully saturated rings. The van der Waals surface area contributed by atoms with Crippen molar-refractivity contribution in [3.63, 3.8) is 0 Å². The minimum Gasteiger partial charge on any atom is -0.0950 e. The second-order valence-electron chi connectivity index (χ2n) is 7.87. The zero-order chi connectivity index (χ0) is 22.1. The van der Waals surface area contributed by atoms with Crippen LogP contribution in [-0.4, -0.2) is 0 Å². The standard InChI is InChI=1S/C16H24.C11H16.C2H6/c1-5-7-15(8-6-2)14(4)16-11-9-13(3)10-12-16;1-3-10(2)9-11-7-5-4-6-8-11;1-2/h9-12,15H,4-8H2,1-3H3;4-8,10H,3,9H2,1-2H3;1-2H3. The van der Waals surface area contributed by atoms with Gasteiger partial charge in [0.15, 0.2) is 0 Å². The molecule has 0 N–H and O–H groups in total. The Morgan fingerprint density at radius 1 is 0.828 bits per heavy atom. The van der Waals surface area contributed by atoms with Crippen molar-refractivity contribution < 1.29 is 0 Å². The van der Waals surface area contributed by atoms with Crippen LogP contribution in [0.2, 0.25) is 0 Å². The average Bonchev–Trinajstić information content (AvgIpc) is 2.76. The fourth-order valence-corrected chi connectivity index (χ4v) is 3.35. The second-order valence-corrected chi connectivity index (χ2v) is 7.87. The van der Waals surface area contributed by atoms with Gasteiger partial charge < -0.3 is 0 Å². The van der Waals surface area contributed by atoms with E-state index in [-0.39, 0.29) is 0 Å². The summed E-state index contributed by atoms with van der Waals surface area (Å²) in [4.78, 5) is 0. The van der Waals surface area contributed by atoms with Crippen molar-refractivity contribution in [1.82, 2.24) is 0 Å². The molecule has 2 aromatic carbocycles. The lowest BCUT2D eigenvalue weighted by molar-refractivity contribution is 0.544. The van der Waals surface area contributed by atoms with Gasteiger partial charge in [-0.1, -0.05) is 128 Å². The molecule has 0 aliphatic heterocycles. The number of benzene rings is 2. The fourth-order valence-electron chi connectivity index (χ4n) is 3.35. The summed E-state index contributed by atoms with van der Waals surface area (Å²) < 4.78 is 0. The van der Waals surface area contributed by atoms with Crippen LogP contribution in [0.15, 0.2) is 61.2 Å². The first-order valence-corrected chi connectivity index (χ1v) is 11.8. The lowest BCUT2D eigenvalue weighted by Gasteiger charge is -2.18. The van der Waals surface area contributed by atoms with E-state index in [1.54, 1.807) is 0 Å². The number of aryl methyl sites for hydroxylation is 1. The Labute approximate surface area is 182 Å². The highest BCUT2D eigenvalue weighted by Crippen LogP contribution is 2.29. The van der Waals surface area contributed by atoms with Crippen molar-refractivity contribution >= 4 is 5.57 Å². The highest BCUT2D eigenvalue weighted by Gasteiger charge is 2.12. The molecule has 162 valence electrons. The van der Waals surface area contributed by atoms with Crippen molar-refractivity contribution in [2.45, 2.75) is 87.0 Å². The van der Waals surface area contributed by atoms with Gasteiger partial charge in [-0.15, -0.1) is 0 Å². The first-order valence-electron chi connectivity index (χ1n) is 11.8. The van der Waals surface area contributed by atoms with Crippen molar-refractivity contribution in [3.05, 3.63) is 77.9 Å². The molecule has 0 radical (unpaired) electrons. The van der Waals surface area contributed by atoms with Crippen LogP contribution < -0.4 is 0 Å². The van der Waals surface area contributed by atoms with Crippen LogP contribution in [-0.2, 0) is 6.42 Å². The molecule has 0 nitrogen and oxygen atoms in total. The number of rotatable bonds is 9. The maximum atomic E-state index is 4.29. The lowest BCUT2D eigenvalue weighted by Crippen LogP contribution is -2.02. The molecule has 1 unspecified atom stereocenters. The van der Waals surface area contributed by atoms with Crippen LogP contribution >= 0.6 is 0 Å². The van der Waals surface area contributed by atoms with Gasteiger partial charge in [0.1, 0.15) is 0 Å². The molecule has 0 saturated heterocycles. The predicted molar refractivity (Wildman–Crippen MR) is 134 cm³/mol. The molecule has 2 rings (SSSR count). The summed E-state index contributed by atoms with van der Waals surface area (Å²) in [5, 5.41) is 0. The van der Waals surface area contributed by atoms with Gasteiger partial charge in [0.2, 0.25) is 0 Å². The second kappa shape index (κ2) is 17.1. The van der Waals surface area contributed by atoms with E-state index in [9.17, 15) is 0 Å². The molecule has 1 atom stereocenters. The topological polar surface area (TPSA) is 0 Å². The van der Waals surface area contributed by atoms with E-state index in [1.807, 2.05) is 13.8 Å². The van der Waals surface area contributed by atoms with Crippen molar-refractivity contribution in [2.24, 2.45) is 11.8 Å². The summed E-state index contributed by atoms with van der Waals surface area (Å²) in [5.41, 5.74) is 5.42. The Morgan fingerprint density at radius 3 is 1.79 bits per heavy atom. The van der Waals surface area contributed by atoms with Crippen molar-refractivity contribution in [2.75, 3.05) is 0 Å². The maximum Gasteiger partial charge on any atom is -0.0162 e. The molecule has 0 saturated carbocycles. The summed E-state index contributed by atoms with van der Waals surface area (Å²) >= 11 is 0. The molecular formula is C29H46. The molecule has 0 heterocycles. The van der Waals surface area contributed by atoms with E-state index in [4.69, 9.17) is 0 Å². The highest BCUT2D eigenvalue weighted by molar-refractivity contribution is 5.65. The SMILES string of the molecule is C=C(c1ccc(C)cc1)C(CCC)CCC.CC.CCC(C)Cc1ccccc1.